The van der Waals surface area contributed by atoms with Gasteiger partial charge in [0.15, 0.2) is 11.5 Å². The van der Waals surface area contributed by atoms with Crippen LogP contribution in [0.4, 0.5) is 5.69 Å². The van der Waals surface area contributed by atoms with Crippen LogP contribution in [0.5, 0.6) is 11.5 Å². The summed E-state index contributed by atoms with van der Waals surface area (Å²) in [6, 6.07) is 44.2. The third kappa shape index (κ3) is 7.58. The van der Waals surface area contributed by atoms with Gasteiger partial charge in [0.2, 0.25) is 0 Å². The number of aromatic hydroxyl groups is 1. The van der Waals surface area contributed by atoms with Crippen molar-refractivity contribution >= 4 is 48.4 Å². The molecule has 5 rings (SSSR count). The number of carbonyl (C=O) groups is 1. The number of nitrogens with zero attached hydrogens (tertiary/aromatic N) is 1. The quantitative estimate of drug-likeness (QED) is 0.197. The van der Waals surface area contributed by atoms with Gasteiger partial charge in [-0.05, 0) is 30.3 Å². The van der Waals surface area contributed by atoms with Gasteiger partial charge in [-0.25, -0.2) is 4.79 Å². The van der Waals surface area contributed by atoms with Gasteiger partial charge in [0.05, 0.1) is 18.4 Å². The Morgan fingerprint density at radius 2 is 1.23 bits per heavy atom. The first-order valence-corrected chi connectivity index (χ1v) is 16.6. The van der Waals surface area contributed by atoms with Crippen molar-refractivity contribution in [3.8, 4) is 11.5 Å². The monoisotopic (exact) mass is 622 g/mol. The number of methoxy groups -OCH3 is 1. The molecule has 0 aromatic heterocycles. The number of phenols is 1. The van der Waals surface area contributed by atoms with E-state index in [1.54, 1.807) is 30.3 Å². The fourth-order valence-corrected chi connectivity index (χ4v) is 11.3. The van der Waals surface area contributed by atoms with Crippen LogP contribution < -0.4 is 15.5 Å². The second-order valence-electron chi connectivity index (χ2n) is 8.48. The fourth-order valence-electron chi connectivity index (χ4n) is 3.99. The number of hydrogen-bond donors (Lipinski definition) is 2. The Labute approximate surface area is 235 Å². The molecule has 0 aliphatic heterocycles. The molecule has 0 bridgehead atoms. The van der Waals surface area contributed by atoms with Crippen LogP contribution >= 0.6 is 0 Å². The third-order valence-corrected chi connectivity index (χ3v) is 13.7. The van der Waals surface area contributed by atoms with Crippen LogP contribution in [0.25, 0.3) is 0 Å². The van der Waals surface area contributed by atoms with Crippen LogP contribution in [0.3, 0.4) is 0 Å². The van der Waals surface area contributed by atoms with Gasteiger partial charge in [0.1, 0.15) is 0 Å². The molecular formula is C33H28NO4Sn. The predicted octanol–water partition coefficient (Wildman–Crippen LogP) is 5.05. The van der Waals surface area contributed by atoms with Gasteiger partial charge in [-0.3, -0.25) is 4.99 Å². The van der Waals surface area contributed by atoms with Crippen LogP contribution in [0.2, 0.25) is 0 Å². The van der Waals surface area contributed by atoms with Crippen molar-refractivity contribution in [1.82, 2.24) is 0 Å². The normalized spacial score (nSPS) is 10.6. The van der Waals surface area contributed by atoms with Gasteiger partial charge in [-0.2, -0.15) is 0 Å². The summed E-state index contributed by atoms with van der Waals surface area (Å²) in [5.41, 5.74) is 1.15. The van der Waals surface area contributed by atoms with E-state index in [-0.39, 0.29) is 11.3 Å². The van der Waals surface area contributed by atoms with Gasteiger partial charge in [-0.1, -0.05) is 12.1 Å². The van der Waals surface area contributed by atoms with Gasteiger partial charge < -0.3 is 14.9 Å². The van der Waals surface area contributed by atoms with Crippen molar-refractivity contribution in [1.29, 1.82) is 0 Å². The minimum absolute atomic E-state index is 0.00635. The molecule has 0 aliphatic rings. The Kier molecular flexibility index (Phi) is 9.91. The summed E-state index contributed by atoms with van der Waals surface area (Å²) in [6.07, 6.45) is 1.46. The number of carboxylic acids is 1. The van der Waals surface area contributed by atoms with Crippen LogP contribution in [0, 0.1) is 0 Å². The standard InChI is InChI=1S/C15H13NO4.3C6H5.Sn/c1-20-13-7-3-5-11(14(13)17)9-16-12-6-2-4-10(8-12)15(18)19;3*1-2-4-6-5-3-1;/h2-9,17H,1H3,(H,18,19);3*1-5H;. The zero-order valence-corrected chi connectivity index (χ0v) is 24.3. The van der Waals surface area contributed by atoms with E-state index in [9.17, 15) is 9.90 Å². The number of hydrogen-bond acceptors (Lipinski definition) is 4. The molecular weight excluding hydrogens is 593 g/mol. The Morgan fingerprint density at radius 3 is 1.72 bits per heavy atom. The molecule has 193 valence electrons. The maximum absolute atomic E-state index is 10.9. The Morgan fingerprint density at radius 1 is 0.718 bits per heavy atom. The zero-order chi connectivity index (χ0) is 27.5. The summed E-state index contributed by atoms with van der Waals surface area (Å²) in [6.45, 7) is 0. The average Bonchev–Trinajstić information content (AvgIpc) is 2.99. The van der Waals surface area contributed by atoms with Crippen molar-refractivity contribution in [3.63, 3.8) is 0 Å². The number of phenolic OH excluding ortho intramolecular Hbond substituents is 1. The molecule has 0 unspecified atom stereocenters. The number of ether oxygens (including phenoxy) is 1. The van der Waals surface area contributed by atoms with Crippen LogP contribution in [-0.4, -0.2) is 49.3 Å². The first-order chi connectivity index (χ1) is 19.1. The molecule has 6 heteroatoms. The van der Waals surface area contributed by atoms with E-state index in [4.69, 9.17) is 9.84 Å². The molecule has 0 heterocycles. The molecule has 0 spiro atoms. The summed E-state index contributed by atoms with van der Waals surface area (Å²) in [5.74, 6) is -0.660. The molecule has 0 saturated carbocycles. The minimum atomic E-state index is -1.98. The van der Waals surface area contributed by atoms with Crippen molar-refractivity contribution in [2.24, 2.45) is 4.99 Å². The predicted molar refractivity (Wildman–Crippen MR) is 159 cm³/mol. The number of benzene rings is 5. The molecule has 5 nitrogen and oxygen atoms in total. The molecule has 5 aromatic carbocycles. The van der Waals surface area contributed by atoms with E-state index in [0.717, 1.165) is 0 Å². The molecule has 0 fully saturated rings. The first-order valence-electron chi connectivity index (χ1n) is 12.3. The second kappa shape index (κ2) is 14.0. The topological polar surface area (TPSA) is 79.1 Å². The van der Waals surface area contributed by atoms with E-state index in [0.29, 0.717) is 17.0 Å². The van der Waals surface area contributed by atoms with Crippen molar-refractivity contribution in [3.05, 3.63) is 145 Å². The molecule has 0 saturated heterocycles. The number of para-hydroxylation sites is 1. The Balaban J connectivity index is 0.000000181. The van der Waals surface area contributed by atoms with Crippen molar-refractivity contribution in [2.45, 2.75) is 0 Å². The molecule has 0 atom stereocenters. The number of carboxylic acid groups (broad SMARTS) is 1. The summed E-state index contributed by atoms with van der Waals surface area (Å²) in [5, 5.41) is 18.8. The van der Waals surface area contributed by atoms with E-state index < -0.39 is 25.7 Å². The van der Waals surface area contributed by atoms with Crippen molar-refractivity contribution in [2.75, 3.05) is 7.11 Å². The van der Waals surface area contributed by atoms with E-state index in [1.165, 1.54) is 36.2 Å². The summed E-state index contributed by atoms with van der Waals surface area (Å²) in [7, 11) is 1.46. The van der Waals surface area contributed by atoms with Crippen LogP contribution in [0.1, 0.15) is 15.9 Å². The average molecular weight is 621 g/mol. The van der Waals surface area contributed by atoms with Crippen LogP contribution in [0.15, 0.2) is 138 Å². The Hall–Kier alpha value is -4.36. The molecule has 2 N–H and O–H groups in total. The van der Waals surface area contributed by atoms with E-state index >= 15 is 0 Å². The molecule has 5 aromatic rings. The van der Waals surface area contributed by atoms with Gasteiger partial charge in [0, 0.05) is 11.8 Å². The zero-order valence-electron chi connectivity index (χ0n) is 21.4. The molecule has 0 aliphatic carbocycles. The van der Waals surface area contributed by atoms with E-state index in [2.05, 4.69) is 96.0 Å². The van der Waals surface area contributed by atoms with Crippen molar-refractivity contribution < 1.29 is 19.7 Å². The summed E-state index contributed by atoms with van der Waals surface area (Å²) in [4.78, 5) is 15.0. The SMILES string of the molecule is COc1cccc(C=Nc2cccc(C(=O)O)c2)c1O.c1cc[c]([Sn]([c]2ccccc2)[c]2ccccc2)cc1. The number of rotatable bonds is 7. The van der Waals surface area contributed by atoms with Crippen LogP contribution in [-0.2, 0) is 0 Å². The second-order valence-corrected chi connectivity index (χ2v) is 15.6. The third-order valence-electron chi connectivity index (χ3n) is 5.88. The Bertz CT molecular complexity index is 1430. The number of aliphatic imine (C=N–C) groups is 1. The maximum atomic E-state index is 10.9. The van der Waals surface area contributed by atoms with Gasteiger partial charge >= 0.3 is 127 Å². The molecule has 39 heavy (non-hydrogen) atoms. The first kappa shape index (κ1) is 27.7. The fraction of sp³-hybridized carbons (Fsp3) is 0.0303. The molecule has 0 amide bonds. The van der Waals surface area contributed by atoms with Gasteiger partial charge in [-0.15, -0.1) is 0 Å². The van der Waals surface area contributed by atoms with E-state index in [1.807, 2.05) is 0 Å². The molecule has 1 radical (unpaired) electrons. The summed E-state index contributed by atoms with van der Waals surface area (Å²) >= 11 is -1.98. The van der Waals surface area contributed by atoms with Gasteiger partial charge in [0.25, 0.3) is 0 Å². The number of aromatic carboxylic acids is 1. The summed E-state index contributed by atoms with van der Waals surface area (Å²) < 4.78 is 9.59.